The molecule has 1 rings (SSSR count). The van der Waals surface area contributed by atoms with Gasteiger partial charge >= 0.3 is 11.9 Å². The number of carbonyl (C=O) groups is 2. The molecule has 0 spiro atoms. The molecule has 2 N–H and O–H groups in total. The number of nitrogens with one attached hydrogen (secondary N) is 1. The number of aliphatic carboxylic acids is 1. The van der Waals surface area contributed by atoms with Gasteiger partial charge in [0.2, 0.25) is 0 Å². The number of carboxylic acids is 1. The summed E-state index contributed by atoms with van der Waals surface area (Å²) >= 11 is 0. The van der Waals surface area contributed by atoms with Gasteiger partial charge in [0.05, 0.1) is 6.42 Å². The van der Waals surface area contributed by atoms with Crippen LogP contribution in [-0.4, -0.2) is 36.2 Å². The number of benzene rings is 1. The molecular weight excluding hydrogens is 282 g/mol. The molecule has 5 heteroatoms. The van der Waals surface area contributed by atoms with Gasteiger partial charge in [-0.05, 0) is 31.4 Å². The number of ether oxygens (including phenoxy) is 1. The molecule has 122 valence electrons. The molecule has 0 aliphatic rings. The molecule has 0 fully saturated rings. The Kier molecular flexibility index (Phi) is 7.60. The van der Waals surface area contributed by atoms with E-state index in [2.05, 4.69) is 5.32 Å². The number of rotatable bonds is 9. The van der Waals surface area contributed by atoms with Crippen molar-refractivity contribution in [2.75, 3.05) is 7.05 Å². The van der Waals surface area contributed by atoms with Gasteiger partial charge in [-0.15, -0.1) is 0 Å². The minimum atomic E-state index is -1.09. The standard InChI is InChI=1S/C17H25NO4/c1-12(2)9-15(17(20)21)22-16(19)11-14(18-3)10-13-7-5-4-6-8-13/h4-8,12,14-15,18H,9-11H2,1-3H3,(H,20,21)/t14-,15+/m1/s1. The van der Waals surface area contributed by atoms with Crippen molar-refractivity contribution < 1.29 is 19.4 Å². The minimum absolute atomic E-state index is 0.0802. The highest BCUT2D eigenvalue weighted by Gasteiger charge is 2.24. The van der Waals surface area contributed by atoms with Crippen LogP contribution in [0.1, 0.15) is 32.3 Å². The lowest BCUT2D eigenvalue weighted by atomic mass is 10.0. The van der Waals surface area contributed by atoms with Gasteiger partial charge in [-0.2, -0.15) is 0 Å². The fraction of sp³-hybridized carbons (Fsp3) is 0.529. The van der Waals surface area contributed by atoms with Crippen molar-refractivity contribution in [3.05, 3.63) is 35.9 Å². The van der Waals surface area contributed by atoms with E-state index in [0.29, 0.717) is 12.8 Å². The summed E-state index contributed by atoms with van der Waals surface area (Å²) < 4.78 is 5.11. The van der Waals surface area contributed by atoms with Gasteiger partial charge in [-0.3, -0.25) is 4.79 Å². The van der Waals surface area contributed by atoms with E-state index in [1.807, 2.05) is 44.2 Å². The molecular formula is C17H25NO4. The highest BCUT2D eigenvalue weighted by molar-refractivity contribution is 5.78. The SMILES string of the molecule is CN[C@@H](CC(=O)O[C@@H](CC(C)C)C(=O)O)Cc1ccccc1. The van der Waals surface area contributed by atoms with Gasteiger partial charge in [-0.25, -0.2) is 4.79 Å². The van der Waals surface area contributed by atoms with Gasteiger partial charge in [0.25, 0.3) is 0 Å². The third-order valence-electron chi connectivity index (χ3n) is 3.38. The molecule has 0 aliphatic carbocycles. The molecule has 0 saturated heterocycles. The molecule has 0 aromatic heterocycles. The lowest BCUT2D eigenvalue weighted by Crippen LogP contribution is -2.34. The zero-order valence-corrected chi connectivity index (χ0v) is 13.4. The Morgan fingerprint density at radius 2 is 1.86 bits per heavy atom. The summed E-state index contributed by atoms with van der Waals surface area (Å²) in [5.74, 6) is -1.42. The third kappa shape index (κ3) is 6.72. The van der Waals surface area contributed by atoms with Crippen LogP contribution in [0.5, 0.6) is 0 Å². The van der Waals surface area contributed by atoms with E-state index >= 15 is 0 Å². The fourth-order valence-electron chi connectivity index (χ4n) is 2.21. The first-order chi connectivity index (χ1) is 10.4. The van der Waals surface area contributed by atoms with Crippen molar-refractivity contribution in [3.8, 4) is 0 Å². The van der Waals surface area contributed by atoms with E-state index in [-0.39, 0.29) is 18.4 Å². The average Bonchev–Trinajstić information content (AvgIpc) is 2.46. The third-order valence-corrected chi connectivity index (χ3v) is 3.38. The minimum Gasteiger partial charge on any atom is -0.479 e. The van der Waals surface area contributed by atoms with Gasteiger partial charge < -0.3 is 15.2 Å². The molecule has 0 radical (unpaired) electrons. The maximum absolute atomic E-state index is 12.0. The Morgan fingerprint density at radius 3 is 2.36 bits per heavy atom. The zero-order valence-electron chi connectivity index (χ0n) is 13.4. The molecule has 1 aromatic rings. The topological polar surface area (TPSA) is 75.6 Å². The highest BCUT2D eigenvalue weighted by Crippen LogP contribution is 2.12. The largest absolute Gasteiger partial charge is 0.479 e. The van der Waals surface area contributed by atoms with Crippen molar-refractivity contribution in [2.45, 2.75) is 45.3 Å². The summed E-state index contributed by atoms with van der Waals surface area (Å²) in [7, 11) is 1.78. The second kappa shape index (κ2) is 9.20. The van der Waals surface area contributed by atoms with Crippen molar-refractivity contribution in [3.63, 3.8) is 0 Å². The second-order valence-electron chi connectivity index (χ2n) is 5.83. The summed E-state index contributed by atoms with van der Waals surface area (Å²) in [5, 5.41) is 12.2. The molecule has 0 unspecified atom stereocenters. The van der Waals surface area contributed by atoms with Gasteiger partial charge in [0.1, 0.15) is 0 Å². The first-order valence-electron chi connectivity index (χ1n) is 7.55. The van der Waals surface area contributed by atoms with E-state index in [4.69, 9.17) is 9.84 Å². The first kappa shape index (κ1) is 18.2. The maximum Gasteiger partial charge on any atom is 0.345 e. The molecule has 0 saturated carbocycles. The molecule has 5 nitrogen and oxygen atoms in total. The van der Waals surface area contributed by atoms with E-state index in [1.165, 1.54) is 0 Å². The van der Waals surface area contributed by atoms with Gasteiger partial charge in [0, 0.05) is 6.04 Å². The lowest BCUT2D eigenvalue weighted by molar-refractivity contribution is -0.165. The van der Waals surface area contributed by atoms with Crippen LogP contribution in [0.3, 0.4) is 0 Å². The fourth-order valence-corrected chi connectivity index (χ4v) is 2.21. The average molecular weight is 307 g/mol. The predicted octanol–water partition coefficient (Wildman–Crippen LogP) is 2.25. The van der Waals surface area contributed by atoms with Crippen molar-refractivity contribution >= 4 is 11.9 Å². The Bertz CT molecular complexity index is 473. The quantitative estimate of drug-likeness (QED) is 0.684. The summed E-state index contributed by atoms with van der Waals surface area (Å²) in [5.41, 5.74) is 1.12. The molecule has 0 amide bonds. The number of hydrogen-bond donors (Lipinski definition) is 2. The molecule has 2 atom stereocenters. The molecule has 22 heavy (non-hydrogen) atoms. The summed E-state index contributed by atoms with van der Waals surface area (Å²) in [6, 6.07) is 9.74. The summed E-state index contributed by atoms with van der Waals surface area (Å²) in [4.78, 5) is 23.1. The van der Waals surface area contributed by atoms with Gasteiger partial charge in [0.15, 0.2) is 6.10 Å². The molecule has 0 bridgehead atoms. The first-order valence-corrected chi connectivity index (χ1v) is 7.55. The van der Waals surface area contributed by atoms with Crippen molar-refractivity contribution in [1.82, 2.24) is 5.32 Å². The van der Waals surface area contributed by atoms with E-state index in [1.54, 1.807) is 7.05 Å². The summed E-state index contributed by atoms with van der Waals surface area (Å²) in [6.45, 7) is 3.80. The number of carbonyl (C=O) groups excluding carboxylic acids is 1. The monoisotopic (exact) mass is 307 g/mol. The summed E-state index contributed by atoms with van der Waals surface area (Å²) in [6.07, 6.45) is 0.0905. The van der Waals surface area contributed by atoms with Crippen LogP contribution in [-0.2, 0) is 20.7 Å². The van der Waals surface area contributed by atoms with Crippen LogP contribution in [0.15, 0.2) is 30.3 Å². The normalized spacial score (nSPS) is 13.6. The number of esters is 1. The van der Waals surface area contributed by atoms with Crippen molar-refractivity contribution in [1.29, 1.82) is 0 Å². The van der Waals surface area contributed by atoms with Crippen LogP contribution in [0.4, 0.5) is 0 Å². The number of hydrogen-bond acceptors (Lipinski definition) is 4. The second-order valence-corrected chi connectivity index (χ2v) is 5.83. The van der Waals surface area contributed by atoms with Crippen LogP contribution in [0.25, 0.3) is 0 Å². The van der Waals surface area contributed by atoms with Gasteiger partial charge in [-0.1, -0.05) is 44.2 Å². The zero-order chi connectivity index (χ0) is 16.5. The number of carboxylic acid groups (broad SMARTS) is 1. The Labute approximate surface area is 131 Å². The molecule has 0 aliphatic heterocycles. The van der Waals surface area contributed by atoms with Crippen LogP contribution >= 0.6 is 0 Å². The predicted molar refractivity (Wildman–Crippen MR) is 84.6 cm³/mol. The highest BCUT2D eigenvalue weighted by atomic mass is 16.6. The van der Waals surface area contributed by atoms with E-state index in [9.17, 15) is 9.59 Å². The van der Waals surface area contributed by atoms with E-state index in [0.717, 1.165) is 5.56 Å². The Morgan fingerprint density at radius 1 is 1.23 bits per heavy atom. The van der Waals surface area contributed by atoms with Crippen LogP contribution in [0, 0.1) is 5.92 Å². The molecule has 0 heterocycles. The maximum atomic E-state index is 12.0. The lowest BCUT2D eigenvalue weighted by Gasteiger charge is -2.19. The smallest absolute Gasteiger partial charge is 0.345 e. The van der Waals surface area contributed by atoms with E-state index < -0.39 is 18.0 Å². The Hall–Kier alpha value is -1.88. The number of likely N-dealkylation sites (N-methyl/N-ethyl adjacent to an activating group) is 1. The van der Waals surface area contributed by atoms with Crippen molar-refractivity contribution in [2.24, 2.45) is 5.92 Å². The molecule has 1 aromatic carbocycles. The van der Waals surface area contributed by atoms with Crippen LogP contribution < -0.4 is 5.32 Å². The van der Waals surface area contributed by atoms with Crippen LogP contribution in [0.2, 0.25) is 0 Å². The Balaban J connectivity index is 2.55.